The number of nitrogens with one attached hydrogen (secondary N) is 2. The number of carbonyl (C=O) groups excluding carboxylic acids is 2. The van der Waals surface area contributed by atoms with E-state index in [9.17, 15) is 9.59 Å². The third-order valence-electron chi connectivity index (χ3n) is 3.37. The second-order valence-electron chi connectivity index (χ2n) is 6.12. The van der Waals surface area contributed by atoms with E-state index in [4.69, 9.17) is 19.9 Å². The Hall–Kier alpha value is -2.13. The van der Waals surface area contributed by atoms with Gasteiger partial charge in [-0.2, -0.15) is 11.8 Å². The molecule has 2 rings (SSSR count). The molecule has 0 fully saturated rings. The molecule has 0 aliphatic carbocycles. The largest absolute Gasteiger partial charge is 0.454 e. The molecule has 0 spiro atoms. The number of alkyl carbamates (subject to hydrolysis) is 1. The molecule has 138 valence electrons. The van der Waals surface area contributed by atoms with Crippen molar-refractivity contribution in [3.63, 3.8) is 0 Å². The highest BCUT2D eigenvalue weighted by Gasteiger charge is 2.25. The first-order chi connectivity index (χ1) is 11.8. The maximum atomic E-state index is 11.9. The van der Waals surface area contributed by atoms with Crippen LogP contribution in [0.1, 0.15) is 13.8 Å². The van der Waals surface area contributed by atoms with Gasteiger partial charge in [-0.25, -0.2) is 4.79 Å². The molecule has 1 aliphatic heterocycles. The standard InChI is InChI=1S/C16H23N3O5S/c1-16(2,24-15(21)19-14(20)11(17)7-25-3)8-18-10-4-5-12-13(6-10)23-9-22-12/h4-6,11,18H,7-9,17H2,1-3H3,(H,19,20,21)/t11-/m0/s1. The number of rotatable bonds is 7. The Morgan fingerprint density at radius 2 is 2.08 bits per heavy atom. The SMILES string of the molecule is CSC[C@H](N)C(=O)NC(=O)OC(C)(C)CNc1ccc2c(c1)OCO2. The van der Waals surface area contributed by atoms with Crippen LogP contribution in [0.5, 0.6) is 11.5 Å². The van der Waals surface area contributed by atoms with E-state index in [0.29, 0.717) is 23.8 Å². The molecule has 0 saturated heterocycles. The Morgan fingerprint density at radius 1 is 1.36 bits per heavy atom. The zero-order valence-corrected chi connectivity index (χ0v) is 15.3. The van der Waals surface area contributed by atoms with E-state index in [1.54, 1.807) is 19.9 Å². The van der Waals surface area contributed by atoms with Gasteiger partial charge >= 0.3 is 6.09 Å². The summed E-state index contributed by atoms with van der Waals surface area (Å²) in [6.45, 7) is 4.02. The fraction of sp³-hybridized carbons (Fsp3) is 0.500. The molecule has 25 heavy (non-hydrogen) atoms. The molecule has 1 aromatic rings. The Bertz CT molecular complexity index is 638. The number of anilines is 1. The predicted molar refractivity (Wildman–Crippen MR) is 96.1 cm³/mol. The molecule has 2 amide bonds. The highest BCUT2D eigenvalue weighted by atomic mass is 32.2. The third-order valence-corrected chi connectivity index (χ3v) is 4.06. The fourth-order valence-corrected chi connectivity index (χ4v) is 2.59. The lowest BCUT2D eigenvalue weighted by Gasteiger charge is -2.26. The quantitative estimate of drug-likeness (QED) is 0.664. The molecule has 1 aromatic carbocycles. The first-order valence-electron chi connectivity index (χ1n) is 7.72. The summed E-state index contributed by atoms with van der Waals surface area (Å²) in [4.78, 5) is 23.6. The summed E-state index contributed by atoms with van der Waals surface area (Å²) in [6, 6.07) is 4.70. The van der Waals surface area contributed by atoms with Crippen LogP contribution in [-0.2, 0) is 9.53 Å². The van der Waals surface area contributed by atoms with Gasteiger partial charge in [0, 0.05) is 17.5 Å². The van der Waals surface area contributed by atoms with Gasteiger partial charge in [0.1, 0.15) is 5.60 Å². The summed E-state index contributed by atoms with van der Waals surface area (Å²) < 4.78 is 15.9. The topological polar surface area (TPSA) is 112 Å². The normalized spacial score (nSPS) is 13.9. The number of fused-ring (bicyclic) bond motifs is 1. The van der Waals surface area contributed by atoms with Crippen LogP contribution >= 0.6 is 11.8 Å². The van der Waals surface area contributed by atoms with Crippen molar-refractivity contribution in [3.8, 4) is 11.5 Å². The number of nitrogens with two attached hydrogens (primary N) is 1. The Kier molecular flexibility index (Phi) is 6.38. The molecular weight excluding hydrogens is 346 g/mol. The fourth-order valence-electron chi connectivity index (χ4n) is 2.08. The minimum absolute atomic E-state index is 0.209. The number of benzene rings is 1. The van der Waals surface area contributed by atoms with Gasteiger partial charge in [-0.1, -0.05) is 0 Å². The number of thioether (sulfide) groups is 1. The van der Waals surface area contributed by atoms with Gasteiger partial charge in [-0.3, -0.25) is 10.1 Å². The predicted octanol–water partition coefficient (Wildman–Crippen LogP) is 1.55. The first-order valence-corrected chi connectivity index (χ1v) is 9.12. The van der Waals surface area contributed by atoms with E-state index in [0.717, 1.165) is 5.69 Å². The second-order valence-corrected chi connectivity index (χ2v) is 7.03. The molecule has 1 heterocycles. The minimum atomic E-state index is -0.843. The van der Waals surface area contributed by atoms with Crippen LogP contribution in [-0.4, -0.2) is 49.0 Å². The van der Waals surface area contributed by atoms with Crippen LogP contribution in [0, 0.1) is 0 Å². The molecule has 0 aromatic heterocycles. The van der Waals surface area contributed by atoms with Crippen molar-refractivity contribution in [3.05, 3.63) is 18.2 Å². The van der Waals surface area contributed by atoms with E-state index in [-0.39, 0.29) is 6.79 Å². The van der Waals surface area contributed by atoms with E-state index in [1.807, 2.05) is 18.4 Å². The van der Waals surface area contributed by atoms with Crippen molar-refractivity contribution >= 4 is 29.4 Å². The van der Waals surface area contributed by atoms with Crippen molar-refractivity contribution in [2.45, 2.75) is 25.5 Å². The lowest BCUT2D eigenvalue weighted by atomic mass is 10.1. The van der Waals surface area contributed by atoms with Gasteiger partial charge in [-0.05, 0) is 32.2 Å². The Labute approximate surface area is 150 Å². The number of hydrogen-bond donors (Lipinski definition) is 3. The van der Waals surface area contributed by atoms with Gasteiger partial charge in [0.25, 0.3) is 0 Å². The minimum Gasteiger partial charge on any atom is -0.454 e. The number of hydrogen-bond acceptors (Lipinski definition) is 8. The molecule has 4 N–H and O–H groups in total. The first kappa shape index (κ1) is 19.2. The average Bonchev–Trinajstić information content (AvgIpc) is 3.00. The molecule has 0 unspecified atom stereocenters. The van der Waals surface area contributed by atoms with Crippen molar-refractivity contribution in [2.75, 3.05) is 30.7 Å². The monoisotopic (exact) mass is 369 g/mol. The maximum absolute atomic E-state index is 11.9. The Balaban J connectivity index is 1.82. The summed E-state index contributed by atoms with van der Waals surface area (Å²) in [5.41, 5.74) is 5.61. The third kappa shape index (κ3) is 5.71. The zero-order valence-electron chi connectivity index (χ0n) is 14.5. The summed E-state index contributed by atoms with van der Waals surface area (Å²) in [6.07, 6.45) is 1.01. The van der Waals surface area contributed by atoms with Crippen molar-refractivity contribution in [1.29, 1.82) is 0 Å². The van der Waals surface area contributed by atoms with Gasteiger partial charge < -0.3 is 25.3 Å². The maximum Gasteiger partial charge on any atom is 0.414 e. The van der Waals surface area contributed by atoms with Gasteiger partial charge in [0.15, 0.2) is 11.5 Å². The highest BCUT2D eigenvalue weighted by molar-refractivity contribution is 7.98. The number of ether oxygens (including phenoxy) is 3. The van der Waals surface area contributed by atoms with Gasteiger partial charge in [0.2, 0.25) is 12.7 Å². The molecule has 1 atom stereocenters. The summed E-state index contributed by atoms with van der Waals surface area (Å²) >= 11 is 1.43. The molecule has 9 heteroatoms. The van der Waals surface area contributed by atoms with Crippen LogP contribution in [0.25, 0.3) is 0 Å². The van der Waals surface area contributed by atoms with Crippen LogP contribution < -0.4 is 25.8 Å². The van der Waals surface area contributed by atoms with Gasteiger partial charge in [0.05, 0.1) is 12.6 Å². The zero-order chi connectivity index (χ0) is 18.4. The van der Waals surface area contributed by atoms with E-state index in [2.05, 4.69) is 10.6 Å². The van der Waals surface area contributed by atoms with Crippen molar-refractivity contribution in [2.24, 2.45) is 5.73 Å². The summed E-state index contributed by atoms with van der Waals surface area (Å²) in [5, 5.41) is 5.31. The van der Waals surface area contributed by atoms with Crippen LogP contribution in [0.4, 0.5) is 10.5 Å². The lowest BCUT2D eigenvalue weighted by molar-refractivity contribution is -0.121. The van der Waals surface area contributed by atoms with Crippen molar-refractivity contribution in [1.82, 2.24) is 5.32 Å². The molecule has 8 nitrogen and oxygen atoms in total. The Morgan fingerprint density at radius 3 is 2.80 bits per heavy atom. The summed E-state index contributed by atoms with van der Waals surface area (Å²) in [5.74, 6) is 1.23. The van der Waals surface area contributed by atoms with Crippen LogP contribution in [0.15, 0.2) is 18.2 Å². The van der Waals surface area contributed by atoms with E-state index < -0.39 is 23.6 Å². The smallest absolute Gasteiger partial charge is 0.414 e. The number of amides is 2. The molecule has 1 aliphatic rings. The van der Waals surface area contributed by atoms with Crippen molar-refractivity contribution < 1.29 is 23.8 Å². The molecule has 0 bridgehead atoms. The molecule has 0 radical (unpaired) electrons. The van der Waals surface area contributed by atoms with E-state index >= 15 is 0 Å². The van der Waals surface area contributed by atoms with Crippen LogP contribution in [0.3, 0.4) is 0 Å². The highest BCUT2D eigenvalue weighted by Crippen LogP contribution is 2.34. The molecular formula is C16H23N3O5S. The number of imide groups is 1. The van der Waals surface area contributed by atoms with Crippen LogP contribution in [0.2, 0.25) is 0 Å². The number of carbonyl (C=O) groups is 2. The second kappa shape index (κ2) is 8.30. The average molecular weight is 369 g/mol. The molecule has 0 saturated carbocycles. The lowest BCUT2D eigenvalue weighted by Crippen LogP contribution is -2.47. The van der Waals surface area contributed by atoms with Gasteiger partial charge in [-0.15, -0.1) is 0 Å². The van der Waals surface area contributed by atoms with E-state index in [1.165, 1.54) is 11.8 Å². The summed E-state index contributed by atoms with van der Waals surface area (Å²) in [7, 11) is 0.